The van der Waals surface area contributed by atoms with E-state index in [1.54, 1.807) is 13.8 Å². The first kappa shape index (κ1) is 45.6. The summed E-state index contributed by atoms with van der Waals surface area (Å²) < 4.78 is 0. The van der Waals surface area contributed by atoms with E-state index in [0.717, 1.165) is 0 Å². The lowest BCUT2D eigenvalue weighted by Gasteiger charge is -2.18. The van der Waals surface area contributed by atoms with E-state index in [4.69, 9.17) is 11.6 Å². The zero-order valence-corrected chi connectivity index (χ0v) is 25.0. The van der Waals surface area contributed by atoms with Crippen LogP contribution in [0.5, 0.6) is 0 Å². The second kappa shape index (κ2) is 44.8. The molecule has 0 aromatic carbocycles. The molecule has 4 amide bonds. The van der Waals surface area contributed by atoms with E-state index in [0.29, 0.717) is 25.8 Å². The first-order valence-corrected chi connectivity index (χ1v) is 13.6. The van der Waals surface area contributed by atoms with Gasteiger partial charge in [-0.3, -0.25) is 19.2 Å². The van der Waals surface area contributed by atoms with Gasteiger partial charge < -0.3 is 21.3 Å². The van der Waals surface area contributed by atoms with E-state index in [-0.39, 0.29) is 49.0 Å². The molecule has 0 aromatic rings. The Bertz CT molecular complexity index is 437. The highest BCUT2D eigenvalue weighted by atomic mass is 35.5. The van der Waals surface area contributed by atoms with Crippen LogP contribution in [0.4, 0.5) is 0 Å². The summed E-state index contributed by atoms with van der Waals surface area (Å²) in [6, 6.07) is -0.667. The summed E-state index contributed by atoms with van der Waals surface area (Å²) in [7, 11) is 0. The Labute approximate surface area is 216 Å². The van der Waals surface area contributed by atoms with E-state index >= 15 is 0 Å². The third kappa shape index (κ3) is 37.5. The zero-order chi connectivity index (χ0) is 28.4. The van der Waals surface area contributed by atoms with Crippen molar-refractivity contribution in [1.29, 1.82) is 0 Å². The van der Waals surface area contributed by atoms with Crippen molar-refractivity contribution >= 4 is 35.2 Å². The largest absolute Gasteiger partial charge is 0.356 e. The van der Waals surface area contributed by atoms with Crippen LogP contribution in [0.2, 0.25) is 0 Å². The van der Waals surface area contributed by atoms with Crippen LogP contribution >= 0.6 is 11.6 Å². The summed E-state index contributed by atoms with van der Waals surface area (Å²) in [4.78, 5) is 45.8. The second-order valence-electron chi connectivity index (χ2n) is 5.09. The van der Waals surface area contributed by atoms with Gasteiger partial charge in [0.25, 0.3) is 0 Å². The van der Waals surface area contributed by atoms with Crippen molar-refractivity contribution in [3.63, 3.8) is 0 Å². The first-order chi connectivity index (χ1) is 16.4. The van der Waals surface area contributed by atoms with E-state index in [9.17, 15) is 19.2 Å². The van der Waals surface area contributed by atoms with Gasteiger partial charge in [0, 0.05) is 32.5 Å². The molecule has 0 spiro atoms. The summed E-state index contributed by atoms with van der Waals surface area (Å²) in [6.45, 7) is 24.4. The molecule has 0 heterocycles. The minimum Gasteiger partial charge on any atom is -0.356 e. The van der Waals surface area contributed by atoms with E-state index in [1.807, 2.05) is 69.2 Å². The highest BCUT2D eigenvalue weighted by Gasteiger charge is 2.19. The summed E-state index contributed by atoms with van der Waals surface area (Å²) in [5, 5.41) is 10.6. The Morgan fingerprint density at radius 2 is 1.03 bits per heavy atom. The van der Waals surface area contributed by atoms with Gasteiger partial charge in [-0.05, 0) is 12.8 Å². The smallest absolute Gasteiger partial charge is 0.242 e. The first-order valence-electron chi connectivity index (χ1n) is 13.1. The lowest BCUT2D eigenvalue weighted by Crippen LogP contribution is -2.48. The number of hydrogen-bond donors (Lipinski definition) is 4. The summed E-state index contributed by atoms with van der Waals surface area (Å²) in [5.74, 6) is -1.04. The van der Waals surface area contributed by atoms with Crippen molar-refractivity contribution in [2.24, 2.45) is 0 Å². The predicted molar refractivity (Wildman–Crippen MR) is 148 cm³/mol. The number of alkyl halides is 1. The van der Waals surface area contributed by atoms with Crippen LogP contribution in [-0.2, 0) is 19.2 Å². The molecule has 0 aliphatic rings. The predicted octanol–water partition coefficient (Wildman–Crippen LogP) is 4.79. The number of nitrogens with one attached hydrogen (secondary N) is 4. The lowest BCUT2D eigenvalue weighted by molar-refractivity contribution is -0.129. The minimum atomic E-state index is -0.667. The molecule has 208 valence electrons. The fourth-order valence-corrected chi connectivity index (χ4v) is 1.88. The van der Waals surface area contributed by atoms with E-state index in [1.165, 1.54) is 0 Å². The molecule has 0 aliphatic carbocycles. The third-order valence-electron chi connectivity index (χ3n) is 3.15. The summed E-state index contributed by atoms with van der Waals surface area (Å²) in [6.07, 6.45) is 1.67. The highest BCUT2D eigenvalue weighted by molar-refractivity contribution is 6.27. The van der Waals surface area contributed by atoms with Gasteiger partial charge in [0.1, 0.15) is 11.9 Å². The number of halogens is 1. The molecule has 4 N–H and O–H groups in total. The average molecular weight is 513 g/mol. The van der Waals surface area contributed by atoms with Crippen molar-refractivity contribution in [1.82, 2.24) is 21.3 Å². The van der Waals surface area contributed by atoms with Crippen LogP contribution in [-0.4, -0.2) is 55.2 Å². The van der Waals surface area contributed by atoms with Gasteiger partial charge in [0.15, 0.2) is 0 Å². The number of hydrogen-bond acceptors (Lipinski definition) is 4. The van der Waals surface area contributed by atoms with Crippen molar-refractivity contribution in [3.8, 4) is 0 Å². The highest BCUT2D eigenvalue weighted by Crippen LogP contribution is 1.98. The Kier molecular flexibility index (Phi) is 60.1. The van der Waals surface area contributed by atoms with Gasteiger partial charge in [-0.1, -0.05) is 83.1 Å². The quantitative estimate of drug-likeness (QED) is 0.222. The summed E-state index contributed by atoms with van der Waals surface area (Å²) >= 11 is 5.34. The Balaban J connectivity index is -0.000000172. The van der Waals surface area contributed by atoms with Crippen LogP contribution in [0.1, 0.15) is 109 Å². The number of amides is 4. The van der Waals surface area contributed by atoms with E-state index in [2.05, 4.69) is 21.3 Å². The SMILES string of the molecule is CC.CC.CC.CC.CC.CCC(=O)NCCCC(NC(=O)CC)C(=O)NCCNC(=O)CCl. The lowest BCUT2D eigenvalue weighted by atomic mass is 10.1. The molecule has 1 unspecified atom stereocenters. The molecule has 9 heteroatoms. The van der Waals surface area contributed by atoms with Gasteiger partial charge in [0.05, 0.1) is 0 Å². The van der Waals surface area contributed by atoms with Crippen LogP contribution in [0.15, 0.2) is 0 Å². The Morgan fingerprint density at radius 3 is 1.44 bits per heavy atom. The Morgan fingerprint density at radius 1 is 0.618 bits per heavy atom. The fraction of sp³-hybridized carbons (Fsp3) is 0.840. The maximum Gasteiger partial charge on any atom is 0.242 e. The third-order valence-corrected chi connectivity index (χ3v) is 3.40. The standard InChI is InChI=1S/C15H27ClN4O4.5C2H6/c1-3-12(21)17-7-5-6-11(20-13(22)4-2)15(24)19-9-8-18-14(23)10-16;5*1-2/h11H,3-10H2,1-2H3,(H,17,21)(H,18,23)(H,19,24)(H,20,22);5*1-2H3. The van der Waals surface area contributed by atoms with Gasteiger partial charge >= 0.3 is 0 Å². The molecule has 0 bridgehead atoms. The Hall–Kier alpha value is -1.83. The average Bonchev–Trinajstić information content (AvgIpc) is 2.93. The van der Waals surface area contributed by atoms with Crippen LogP contribution < -0.4 is 21.3 Å². The molecule has 0 radical (unpaired) electrons. The van der Waals surface area contributed by atoms with Gasteiger partial charge in [-0.2, -0.15) is 0 Å². The number of rotatable bonds is 12. The molecule has 0 aromatic heterocycles. The molecule has 34 heavy (non-hydrogen) atoms. The summed E-state index contributed by atoms with van der Waals surface area (Å²) in [5.41, 5.74) is 0. The molecular formula is C25H57ClN4O4. The molecule has 0 rings (SSSR count). The van der Waals surface area contributed by atoms with Crippen molar-refractivity contribution < 1.29 is 19.2 Å². The monoisotopic (exact) mass is 512 g/mol. The van der Waals surface area contributed by atoms with Gasteiger partial charge in [0.2, 0.25) is 23.6 Å². The van der Waals surface area contributed by atoms with Crippen LogP contribution in [0.25, 0.3) is 0 Å². The molecule has 8 nitrogen and oxygen atoms in total. The fourth-order valence-electron chi connectivity index (χ4n) is 1.78. The molecular weight excluding hydrogens is 456 g/mol. The normalized spacial score (nSPS) is 8.85. The van der Waals surface area contributed by atoms with Crippen molar-refractivity contribution in [2.75, 3.05) is 25.5 Å². The number of carbonyl (C=O) groups excluding carboxylic acids is 4. The second-order valence-corrected chi connectivity index (χ2v) is 5.36. The van der Waals surface area contributed by atoms with Gasteiger partial charge in [-0.25, -0.2) is 0 Å². The van der Waals surface area contributed by atoms with Crippen molar-refractivity contribution in [2.45, 2.75) is 115 Å². The van der Waals surface area contributed by atoms with Crippen molar-refractivity contribution in [3.05, 3.63) is 0 Å². The maximum absolute atomic E-state index is 12.1. The van der Waals surface area contributed by atoms with E-state index < -0.39 is 6.04 Å². The molecule has 1 atom stereocenters. The molecule has 0 saturated heterocycles. The van der Waals surface area contributed by atoms with Gasteiger partial charge in [-0.15, -0.1) is 11.6 Å². The van der Waals surface area contributed by atoms with Crippen LogP contribution in [0, 0.1) is 0 Å². The molecule has 0 fully saturated rings. The topological polar surface area (TPSA) is 116 Å². The maximum atomic E-state index is 12.1. The minimum absolute atomic E-state index is 0.0522. The molecule has 0 aliphatic heterocycles. The van der Waals surface area contributed by atoms with Crippen LogP contribution in [0.3, 0.4) is 0 Å². The molecule has 0 saturated carbocycles. The zero-order valence-electron chi connectivity index (χ0n) is 24.2. The number of carbonyl (C=O) groups is 4.